The van der Waals surface area contributed by atoms with E-state index >= 15 is 0 Å². The zero-order chi connectivity index (χ0) is 18.0. The van der Waals surface area contributed by atoms with Crippen LogP contribution in [0.15, 0.2) is 30.3 Å². The van der Waals surface area contributed by atoms with Gasteiger partial charge < -0.3 is 4.74 Å². The number of hydrogen-bond acceptors (Lipinski definition) is 3. The van der Waals surface area contributed by atoms with E-state index in [2.05, 4.69) is 0 Å². The highest BCUT2D eigenvalue weighted by molar-refractivity contribution is 6.33. The van der Waals surface area contributed by atoms with Gasteiger partial charge in [-0.3, -0.25) is 4.79 Å². The lowest BCUT2D eigenvalue weighted by Gasteiger charge is -2.14. The maximum Gasteiger partial charge on any atom is 0.340 e. The van der Waals surface area contributed by atoms with Gasteiger partial charge in [0.15, 0.2) is 17.7 Å². The van der Waals surface area contributed by atoms with Gasteiger partial charge in [0.05, 0.1) is 10.6 Å². The Morgan fingerprint density at radius 3 is 2.29 bits per heavy atom. The molecule has 0 N–H and O–H groups in total. The normalized spacial score (nSPS) is 11.9. The van der Waals surface area contributed by atoms with Gasteiger partial charge in [-0.15, -0.1) is 0 Å². The molecule has 24 heavy (non-hydrogen) atoms. The van der Waals surface area contributed by atoms with Crippen molar-refractivity contribution in [3.63, 3.8) is 0 Å². The average Bonchev–Trinajstić information content (AvgIpc) is 2.52. The highest BCUT2D eigenvalue weighted by atomic mass is 35.5. The number of halogens is 3. The van der Waals surface area contributed by atoms with Crippen molar-refractivity contribution in [1.82, 2.24) is 0 Å². The van der Waals surface area contributed by atoms with E-state index in [4.69, 9.17) is 16.3 Å². The lowest BCUT2D eigenvalue weighted by Crippen LogP contribution is -2.24. The van der Waals surface area contributed by atoms with Crippen molar-refractivity contribution in [2.75, 3.05) is 0 Å². The minimum Gasteiger partial charge on any atom is -0.451 e. The maximum absolute atomic E-state index is 13.3. The Labute approximate surface area is 143 Å². The molecule has 0 saturated carbocycles. The van der Waals surface area contributed by atoms with Gasteiger partial charge in [0, 0.05) is 5.56 Å². The van der Waals surface area contributed by atoms with E-state index in [0.717, 1.165) is 11.1 Å². The average molecular weight is 353 g/mol. The monoisotopic (exact) mass is 352 g/mol. The number of carbonyl (C=O) groups excluding carboxylic acids is 2. The van der Waals surface area contributed by atoms with Crippen LogP contribution in [0, 0.1) is 25.5 Å². The first-order valence-electron chi connectivity index (χ1n) is 7.17. The fourth-order valence-corrected chi connectivity index (χ4v) is 2.31. The molecule has 0 aliphatic heterocycles. The van der Waals surface area contributed by atoms with E-state index in [1.165, 1.54) is 6.92 Å². The summed E-state index contributed by atoms with van der Waals surface area (Å²) in [4.78, 5) is 24.4. The van der Waals surface area contributed by atoms with Crippen LogP contribution >= 0.6 is 11.6 Å². The van der Waals surface area contributed by atoms with E-state index in [1.807, 2.05) is 13.8 Å². The molecule has 6 heteroatoms. The summed E-state index contributed by atoms with van der Waals surface area (Å²) in [6, 6.07) is 6.46. The van der Waals surface area contributed by atoms with E-state index < -0.39 is 29.5 Å². The molecule has 2 rings (SSSR count). The highest BCUT2D eigenvalue weighted by Gasteiger charge is 2.23. The molecule has 2 aromatic carbocycles. The van der Waals surface area contributed by atoms with Crippen LogP contribution in [0.3, 0.4) is 0 Å². The molecule has 0 saturated heterocycles. The van der Waals surface area contributed by atoms with Crippen LogP contribution in [0.1, 0.15) is 38.8 Å². The first kappa shape index (κ1) is 18.1. The van der Waals surface area contributed by atoms with Crippen molar-refractivity contribution in [2.24, 2.45) is 0 Å². The minimum absolute atomic E-state index is 0.287. The Morgan fingerprint density at radius 1 is 1.04 bits per heavy atom. The number of ether oxygens (including phenoxy) is 1. The second-order valence-electron chi connectivity index (χ2n) is 5.46. The third-order valence-electron chi connectivity index (χ3n) is 3.67. The third-order valence-corrected chi connectivity index (χ3v) is 3.99. The van der Waals surface area contributed by atoms with Crippen LogP contribution in [-0.2, 0) is 4.74 Å². The number of hydrogen-bond donors (Lipinski definition) is 0. The molecule has 0 unspecified atom stereocenters. The first-order valence-corrected chi connectivity index (χ1v) is 7.55. The van der Waals surface area contributed by atoms with Gasteiger partial charge >= 0.3 is 5.97 Å². The summed E-state index contributed by atoms with van der Waals surface area (Å²) in [6.45, 7) is 5.19. The number of benzene rings is 2. The van der Waals surface area contributed by atoms with Crippen LogP contribution in [0.25, 0.3) is 0 Å². The molecule has 3 nitrogen and oxygen atoms in total. The number of rotatable bonds is 4. The largest absolute Gasteiger partial charge is 0.451 e. The summed E-state index contributed by atoms with van der Waals surface area (Å²) >= 11 is 5.72. The minimum atomic E-state index is -1.22. The van der Waals surface area contributed by atoms with Crippen LogP contribution in [0.4, 0.5) is 8.78 Å². The zero-order valence-corrected chi connectivity index (χ0v) is 14.1. The number of Topliss-reactive ketones (excluding diaryl/α,β-unsaturated/α-hetero) is 1. The second-order valence-corrected chi connectivity index (χ2v) is 5.86. The van der Waals surface area contributed by atoms with Gasteiger partial charge in [0.25, 0.3) is 0 Å². The molecule has 0 spiro atoms. The molecule has 0 radical (unpaired) electrons. The van der Waals surface area contributed by atoms with Crippen molar-refractivity contribution in [2.45, 2.75) is 26.9 Å². The topological polar surface area (TPSA) is 43.4 Å². The van der Waals surface area contributed by atoms with Crippen molar-refractivity contribution in [3.8, 4) is 0 Å². The molecule has 126 valence electrons. The van der Waals surface area contributed by atoms with E-state index in [1.54, 1.807) is 18.2 Å². The third kappa shape index (κ3) is 3.79. The van der Waals surface area contributed by atoms with Crippen molar-refractivity contribution >= 4 is 23.4 Å². The smallest absolute Gasteiger partial charge is 0.340 e. The molecule has 0 amide bonds. The van der Waals surface area contributed by atoms with Gasteiger partial charge in [-0.25, -0.2) is 13.6 Å². The Hall–Kier alpha value is -2.27. The van der Waals surface area contributed by atoms with Gasteiger partial charge in [-0.1, -0.05) is 23.7 Å². The van der Waals surface area contributed by atoms with E-state index in [-0.39, 0.29) is 10.6 Å². The Kier molecular flexibility index (Phi) is 5.34. The zero-order valence-electron chi connectivity index (χ0n) is 13.3. The summed E-state index contributed by atoms with van der Waals surface area (Å²) < 4.78 is 31.3. The van der Waals surface area contributed by atoms with Crippen molar-refractivity contribution in [3.05, 3.63) is 69.2 Å². The number of esters is 1. The molecule has 1 atom stereocenters. The van der Waals surface area contributed by atoms with Gasteiger partial charge in [0.2, 0.25) is 5.78 Å². The number of carbonyl (C=O) groups is 2. The fourth-order valence-electron chi connectivity index (χ4n) is 2.09. The molecule has 2 aromatic rings. The Balaban J connectivity index is 2.18. The summed E-state index contributed by atoms with van der Waals surface area (Å²) in [5, 5.41) is -0.287. The fraction of sp³-hybridized carbons (Fsp3) is 0.222. The molecule has 0 bridgehead atoms. The Bertz CT molecular complexity index is 818. The summed E-state index contributed by atoms with van der Waals surface area (Å²) in [6.07, 6.45) is -1.09. The van der Waals surface area contributed by atoms with Gasteiger partial charge in [0.1, 0.15) is 0 Å². The molecular weight excluding hydrogens is 338 g/mol. The molecule has 0 heterocycles. The molecule has 0 aliphatic rings. The van der Waals surface area contributed by atoms with Crippen molar-refractivity contribution in [1.29, 1.82) is 0 Å². The number of ketones is 1. The second kappa shape index (κ2) is 7.09. The predicted molar refractivity (Wildman–Crippen MR) is 86.5 cm³/mol. The molecular formula is C18H15ClF2O3. The van der Waals surface area contributed by atoms with Gasteiger partial charge in [-0.2, -0.15) is 0 Å². The molecule has 0 fully saturated rings. The lowest BCUT2D eigenvalue weighted by molar-refractivity contribution is 0.0318. The van der Waals surface area contributed by atoms with Crippen molar-refractivity contribution < 1.29 is 23.1 Å². The van der Waals surface area contributed by atoms with Crippen LogP contribution in [-0.4, -0.2) is 17.9 Å². The quantitative estimate of drug-likeness (QED) is 0.456. The van der Waals surface area contributed by atoms with E-state index in [9.17, 15) is 18.4 Å². The van der Waals surface area contributed by atoms with Gasteiger partial charge in [-0.05, 0) is 50.1 Å². The highest BCUT2D eigenvalue weighted by Crippen LogP contribution is 2.22. The molecule has 0 aromatic heterocycles. The van der Waals surface area contributed by atoms with Crippen LogP contribution in [0.5, 0.6) is 0 Å². The molecule has 0 aliphatic carbocycles. The van der Waals surface area contributed by atoms with Crippen LogP contribution in [0.2, 0.25) is 5.02 Å². The Morgan fingerprint density at radius 2 is 1.67 bits per heavy atom. The SMILES string of the molecule is Cc1ccc(C(=O)[C@H](C)OC(=O)c2cc(F)c(F)cc2Cl)cc1C. The first-order chi connectivity index (χ1) is 11.2. The summed E-state index contributed by atoms with van der Waals surface area (Å²) in [5.74, 6) is -3.79. The summed E-state index contributed by atoms with van der Waals surface area (Å²) in [5.41, 5.74) is 2.03. The predicted octanol–water partition coefficient (Wildman–Crippen LogP) is 4.66. The maximum atomic E-state index is 13.3. The standard InChI is InChI=1S/C18H15ClF2O3/c1-9-4-5-12(6-10(9)2)17(22)11(3)24-18(23)13-7-15(20)16(21)8-14(13)19/h4-8,11H,1-3H3/t11-/m0/s1. The van der Waals surface area contributed by atoms with E-state index in [0.29, 0.717) is 17.7 Å². The number of aryl methyl sites for hydroxylation is 2. The summed E-state index contributed by atoms with van der Waals surface area (Å²) in [7, 11) is 0. The lowest BCUT2D eigenvalue weighted by atomic mass is 10.0. The van der Waals surface area contributed by atoms with Crippen LogP contribution < -0.4 is 0 Å².